The topological polar surface area (TPSA) is 39.4 Å². The van der Waals surface area contributed by atoms with Crippen LogP contribution in [0.15, 0.2) is 23.3 Å². The molecular formula is C15H14ClF2N3. The van der Waals surface area contributed by atoms with Gasteiger partial charge in [-0.3, -0.25) is 5.01 Å². The Hall–Kier alpha value is -1.67. The third-order valence-corrected chi connectivity index (χ3v) is 4.40. The largest absolute Gasteiger partial charge is 0.261 e. The van der Waals surface area contributed by atoms with E-state index in [9.17, 15) is 8.78 Å². The number of nitriles is 1. The van der Waals surface area contributed by atoms with Crippen molar-refractivity contribution in [3.63, 3.8) is 0 Å². The zero-order chi connectivity index (χ0) is 15.2. The molecule has 3 nitrogen and oxygen atoms in total. The fourth-order valence-corrected chi connectivity index (χ4v) is 3.24. The highest BCUT2D eigenvalue weighted by atomic mass is 35.5. The second-order valence-corrected chi connectivity index (χ2v) is 6.16. The number of hydrogen-bond acceptors (Lipinski definition) is 3. The Kier molecular flexibility index (Phi) is 3.37. The van der Waals surface area contributed by atoms with E-state index in [0.717, 1.165) is 11.3 Å². The van der Waals surface area contributed by atoms with Crippen LogP contribution in [-0.2, 0) is 0 Å². The number of anilines is 1. The van der Waals surface area contributed by atoms with Crippen molar-refractivity contribution in [2.45, 2.75) is 38.2 Å². The maximum absolute atomic E-state index is 13.1. The van der Waals surface area contributed by atoms with Crippen LogP contribution in [0.5, 0.6) is 0 Å². The van der Waals surface area contributed by atoms with Crippen molar-refractivity contribution < 1.29 is 8.78 Å². The minimum absolute atomic E-state index is 0.101. The van der Waals surface area contributed by atoms with Crippen molar-refractivity contribution >= 4 is 22.5 Å². The van der Waals surface area contributed by atoms with Crippen molar-refractivity contribution in [2.75, 3.05) is 5.01 Å². The predicted octanol–water partition coefficient (Wildman–Crippen LogP) is 4.04. The van der Waals surface area contributed by atoms with Crippen LogP contribution >= 0.6 is 11.6 Å². The molecule has 1 atom stereocenters. The van der Waals surface area contributed by atoms with Gasteiger partial charge in [0.1, 0.15) is 5.17 Å². The van der Waals surface area contributed by atoms with Gasteiger partial charge in [0.2, 0.25) is 5.92 Å². The van der Waals surface area contributed by atoms with Crippen LogP contribution in [0.1, 0.15) is 30.4 Å². The first kappa shape index (κ1) is 14.3. The Morgan fingerprint density at radius 1 is 1.43 bits per heavy atom. The van der Waals surface area contributed by atoms with E-state index in [0.29, 0.717) is 17.2 Å². The van der Waals surface area contributed by atoms with Crippen LogP contribution in [0.3, 0.4) is 0 Å². The molecule has 1 aromatic carbocycles. The molecule has 0 amide bonds. The zero-order valence-corrected chi connectivity index (χ0v) is 12.2. The minimum atomic E-state index is -2.55. The molecule has 1 aliphatic heterocycles. The van der Waals surface area contributed by atoms with Crippen molar-refractivity contribution in [3.8, 4) is 6.07 Å². The number of hydrogen-bond donors (Lipinski definition) is 0. The summed E-state index contributed by atoms with van der Waals surface area (Å²) in [6.07, 6.45) is 0.285. The number of alkyl halides is 2. The van der Waals surface area contributed by atoms with Gasteiger partial charge < -0.3 is 0 Å². The molecule has 1 heterocycles. The third kappa shape index (κ3) is 2.60. The average Bonchev–Trinajstić information content (AvgIpc) is 2.77. The molecule has 1 aromatic rings. The maximum Gasteiger partial charge on any atom is 0.248 e. The molecule has 0 saturated heterocycles. The second kappa shape index (κ2) is 4.96. The quantitative estimate of drug-likeness (QED) is 0.827. The minimum Gasteiger partial charge on any atom is -0.261 e. The SMILES string of the molecule is Cc1cc(N2N=C(Cl)CC2C2CC(F)(F)C2)ccc1C#N. The zero-order valence-electron chi connectivity index (χ0n) is 11.5. The molecule has 0 N–H and O–H groups in total. The molecule has 110 valence electrons. The summed E-state index contributed by atoms with van der Waals surface area (Å²) in [5.74, 6) is -2.65. The van der Waals surface area contributed by atoms with Gasteiger partial charge in [-0.05, 0) is 36.6 Å². The first-order valence-electron chi connectivity index (χ1n) is 6.80. The van der Waals surface area contributed by atoms with Gasteiger partial charge in [-0.2, -0.15) is 10.4 Å². The highest BCUT2D eigenvalue weighted by Gasteiger charge is 2.51. The lowest BCUT2D eigenvalue weighted by Crippen LogP contribution is -2.46. The van der Waals surface area contributed by atoms with Crippen LogP contribution < -0.4 is 5.01 Å². The maximum atomic E-state index is 13.1. The molecule has 3 rings (SSSR count). The summed E-state index contributed by atoms with van der Waals surface area (Å²) in [5, 5.41) is 15.4. The van der Waals surface area contributed by atoms with E-state index in [2.05, 4.69) is 11.2 Å². The number of hydrazone groups is 1. The Morgan fingerprint density at radius 3 is 2.71 bits per heavy atom. The third-order valence-electron chi connectivity index (χ3n) is 4.17. The van der Waals surface area contributed by atoms with Crippen molar-refractivity contribution in [1.82, 2.24) is 0 Å². The van der Waals surface area contributed by atoms with Crippen LogP contribution in [0, 0.1) is 24.2 Å². The normalized spacial score (nSPS) is 24.4. The number of benzene rings is 1. The molecule has 1 fully saturated rings. The fourth-order valence-electron chi connectivity index (χ4n) is 3.00. The van der Waals surface area contributed by atoms with E-state index in [4.69, 9.17) is 16.9 Å². The molecule has 6 heteroatoms. The van der Waals surface area contributed by atoms with E-state index >= 15 is 0 Å². The first-order chi connectivity index (χ1) is 9.89. The predicted molar refractivity (Wildman–Crippen MR) is 77.7 cm³/mol. The number of aryl methyl sites for hydroxylation is 1. The lowest BCUT2D eigenvalue weighted by atomic mass is 9.75. The number of nitrogens with zero attached hydrogens (tertiary/aromatic N) is 3. The van der Waals surface area contributed by atoms with Crippen LogP contribution in [-0.4, -0.2) is 17.1 Å². The molecule has 21 heavy (non-hydrogen) atoms. The summed E-state index contributed by atoms with van der Waals surface area (Å²) in [6, 6.07) is 7.34. The van der Waals surface area contributed by atoms with Crippen molar-refractivity contribution in [2.24, 2.45) is 11.0 Å². The van der Waals surface area contributed by atoms with Crippen LogP contribution in [0.25, 0.3) is 0 Å². The van der Waals surface area contributed by atoms with Gasteiger partial charge >= 0.3 is 0 Å². The summed E-state index contributed by atoms with van der Waals surface area (Å²) in [7, 11) is 0. The summed E-state index contributed by atoms with van der Waals surface area (Å²) in [5.41, 5.74) is 2.23. The smallest absolute Gasteiger partial charge is 0.248 e. The standard InChI is InChI=1S/C15H14ClF2N3/c1-9-4-12(3-2-10(9)8-19)21-13(5-14(16)20-21)11-6-15(17,18)7-11/h2-4,11,13H,5-7H2,1H3. The van der Waals surface area contributed by atoms with Gasteiger partial charge in [0.05, 0.1) is 23.4 Å². The molecular weight excluding hydrogens is 296 g/mol. The molecule has 0 spiro atoms. The fraction of sp³-hybridized carbons (Fsp3) is 0.467. The molecule has 2 aliphatic rings. The van der Waals surface area contributed by atoms with Crippen LogP contribution in [0.2, 0.25) is 0 Å². The lowest BCUT2D eigenvalue weighted by Gasteiger charge is -2.41. The highest BCUT2D eigenvalue weighted by molar-refractivity contribution is 6.65. The van der Waals surface area contributed by atoms with E-state index in [1.165, 1.54) is 0 Å². The van der Waals surface area contributed by atoms with Crippen molar-refractivity contribution in [3.05, 3.63) is 29.3 Å². The summed E-state index contributed by atoms with van der Waals surface area (Å²) in [4.78, 5) is 0. The van der Waals surface area contributed by atoms with Gasteiger partial charge in [0, 0.05) is 19.3 Å². The monoisotopic (exact) mass is 309 g/mol. The van der Waals surface area contributed by atoms with E-state index in [1.54, 1.807) is 17.1 Å². The summed E-state index contributed by atoms with van der Waals surface area (Å²) in [6.45, 7) is 1.84. The Labute approximate surface area is 126 Å². The Bertz CT molecular complexity index is 643. The van der Waals surface area contributed by atoms with Gasteiger partial charge in [0.25, 0.3) is 0 Å². The Balaban J connectivity index is 1.85. The Morgan fingerprint density at radius 2 is 2.14 bits per heavy atom. The van der Waals surface area contributed by atoms with Gasteiger partial charge in [0.15, 0.2) is 0 Å². The van der Waals surface area contributed by atoms with E-state index in [1.807, 2.05) is 13.0 Å². The molecule has 1 unspecified atom stereocenters. The molecule has 0 radical (unpaired) electrons. The molecule has 1 aliphatic carbocycles. The average molecular weight is 310 g/mol. The van der Waals surface area contributed by atoms with Gasteiger partial charge in [-0.15, -0.1) is 0 Å². The van der Waals surface area contributed by atoms with Gasteiger partial charge in [-0.1, -0.05) is 11.6 Å². The molecule has 1 saturated carbocycles. The molecule has 0 bridgehead atoms. The summed E-state index contributed by atoms with van der Waals surface area (Å²) < 4.78 is 26.2. The van der Waals surface area contributed by atoms with Crippen LogP contribution in [0.4, 0.5) is 14.5 Å². The number of rotatable bonds is 2. The molecule has 0 aromatic heterocycles. The highest BCUT2D eigenvalue weighted by Crippen LogP contribution is 2.48. The lowest BCUT2D eigenvalue weighted by molar-refractivity contribution is -0.115. The van der Waals surface area contributed by atoms with Gasteiger partial charge in [-0.25, -0.2) is 8.78 Å². The van der Waals surface area contributed by atoms with Crippen molar-refractivity contribution in [1.29, 1.82) is 5.26 Å². The second-order valence-electron chi connectivity index (χ2n) is 5.73. The first-order valence-corrected chi connectivity index (χ1v) is 7.18. The van der Waals surface area contributed by atoms with E-state index in [-0.39, 0.29) is 24.8 Å². The number of halogens is 3. The van der Waals surface area contributed by atoms with E-state index < -0.39 is 5.92 Å². The summed E-state index contributed by atoms with van der Waals surface area (Å²) >= 11 is 6.01.